The summed E-state index contributed by atoms with van der Waals surface area (Å²) in [5.74, 6) is 0.764. The van der Waals surface area contributed by atoms with E-state index in [2.05, 4.69) is 31.0 Å². The summed E-state index contributed by atoms with van der Waals surface area (Å²) in [6.45, 7) is 12.0. The lowest BCUT2D eigenvalue weighted by Crippen LogP contribution is -2.48. The van der Waals surface area contributed by atoms with Crippen LogP contribution >= 0.6 is 0 Å². The van der Waals surface area contributed by atoms with E-state index in [-0.39, 0.29) is 0 Å². The van der Waals surface area contributed by atoms with E-state index in [4.69, 9.17) is 0 Å². The molecular formula is C17H34N2. The maximum Gasteiger partial charge on any atom is 0.0105 e. The van der Waals surface area contributed by atoms with Gasteiger partial charge in [-0.15, -0.1) is 0 Å². The fourth-order valence-corrected chi connectivity index (χ4v) is 4.11. The second-order valence-corrected chi connectivity index (χ2v) is 7.12. The average molecular weight is 266 g/mol. The normalized spacial score (nSPS) is 27.3. The third kappa shape index (κ3) is 3.95. The molecule has 112 valence electrons. The number of nitrogens with zero attached hydrogens (tertiary/aromatic N) is 1. The maximum atomic E-state index is 3.50. The zero-order chi connectivity index (χ0) is 13.7. The average Bonchev–Trinajstić information content (AvgIpc) is 2.46. The van der Waals surface area contributed by atoms with Crippen molar-refractivity contribution >= 4 is 0 Å². The summed E-state index contributed by atoms with van der Waals surface area (Å²) in [5, 5.41) is 3.50. The van der Waals surface area contributed by atoms with E-state index in [1.807, 2.05) is 0 Å². The Morgan fingerprint density at radius 3 is 2.21 bits per heavy atom. The van der Waals surface area contributed by atoms with Crippen LogP contribution in [0.5, 0.6) is 0 Å². The number of rotatable bonds is 5. The molecule has 2 heteroatoms. The van der Waals surface area contributed by atoms with Gasteiger partial charge in [-0.2, -0.15) is 0 Å². The Hall–Kier alpha value is -0.0800. The topological polar surface area (TPSA) is 15.3 Å². The summed E-state index contributed by atoms with van der Waals surface area (Å²) in [6.07, 6.45) is 10.4. The van der Waals surface area contributed by atoms with Crippen LogP contribution in [0, 0.1) is 11.3 Å². The van der Waals surface area contributed by atoms with Crippen LogP contribution < -0.4 is 5.32 Å². The van der Waals surface area contributed by atoms with Crippen LogP contribution in [0.25, 0.3) is 0 Å². The molecule has 2 atom stereocenters. The van der Waals surface area contributed by atoms with Gasteiger partial charge in [-0.25, -0.2) is 0 Å². The zero-order valence-electron chi connectivity index (χ0n) is 13.4. The molecule has 1 N–H and O–H groups in total. The molecule has 0 amide bonds. The van der Waals surface area contributed by atoms with E-state index in [0.717, 1.165) is 23.9 Å². The molecule has 1 saturated carbocycles. The molecule has 0 aromatic rings. The van der Waals surface area contributed by atoms with Crippen molar-refractivity contribution in [3.63, 3.8) is 0 Å². The zero-order valence-corrected chi connectivity index (χ0v) is 13.4. The second-order valence-electron chi connectivity index (χ2n) is 7.12. The first-order valence-electron chi connectivity index (χ1n) is 8.62. The molecule has 2 aliphatic rings. The van der Waals surface area contributed by atoms with E-state index in [0.29, 0.717) is 0 Å². The number of piperidine rings is 1. The second kappa shape index (κ2) is 7.08. The van der Waals surface area contributed by atoms with Gasteiger partial charge in [0.2, 0.25) is 0 Å². The number of hydrogen-bond acceptors (Lipinski definition) is 2. The van der Waals surface area contributed by atoms with Gasteiger partial charge in [-0.3, -0.25) is 0 Å². The van der Waals surface area contributed by atoms with Crippen LogP contribution in [-0.4, -0.2) is 37.1 Å². The molecule has 1 heterocycles. The molecule has 19 heavy (non-hydrogen) atoms. The van der Waals surface area contributed by atoms with Crippen molar-refractivity contribution < 1.29 is 0 Å². The molecule has 0 radical (unpaired) electrons. The van der Waals surface area contributed by atoms with Gasteiger partial charge < -0.3 is 10.2 Å². The molecule has 1 spiro atoms. The fourth-order valence-electron chi connectivity index (χ4n) is 4.11. The molecule has 1 aliphatic carbocycles. The Kier molecular flexibility index (Phi) is 5.70. The van der Waals surface area contributed by atoms with Crippen LogP contribution in [-0.2, 0) is 0 Å². The maximum absolute atomic E-state index is 3.50. The van der Waals surface area contributed by atoms with E-state index in [1.165, 1.54) is 64.6 Å². The monoisotopic (exact) mass is 266 g/mol. The van der Waals surface area contributed by atoms with Gasteiger partial charge in [-0.1, -0.05) is 33.1 Å². The van der Waals surface area contributed by atoms with Crippen LogP contribution in [0.3, 0.4) is 0 Å². The van der Waals surface area contributed by atoms with E-state index in [1.54, 1.807) is 0 Å². The third-order valence-corrected chi connectivity index (χ3v) is 5.89. The van der Waals surface area contributed by atoms with Crippen LogP contribution in [0.15, 0.2) is 0 Å². The summed E-state index contributed by atoms with van der Waals surface area (Å²) in [4.78, 5) is 2.75. The van der Waals surface area contributed by atoms with E-state index < -0.39 is 0 Å². The minimum atomic E-state index is 0.736. The Bertz CT molecular complexity index is 248. The van der Waals surface area contributed by atoms with Crippen molar-refractivity contribution in [2.24, 2.45) is 11.3 Å². The summed E-state index contributed by atoms with van der Waals surface area (Å²) >= 11 is 0. The van der Waals surface area contributed by atoms with Crippen molar-refractivity contribution in [3.8, 4) is 0 Å². The van der Waals surface area contributed by atoms with Gasteiger partial charge in [-0.05, 0) is 70.1 Å². The first kappa shape index (κ1) is 15.3. The molecule has 0 aromatic heterocycles. The van der Waals surface area contributed by atoms with Crippen molar-refractivity contribution in [1.29, 1.82) is 0 Å². The minimum absolute atomic E-state index is 0.736. The quantitative estimate of drug-likeness (QED) is 0.817. The Balaban J connectivity index is 1.78. The highest BCUT2D eigenvalue weighted by molar-refractivity contribution is 4.90. The van der Waals surface area contributed by atoms with Crippen molar-refractivity contribution in [3.05, 3.63) is 0 Å². The SMILES string of the molecule is CCNCC(C)C(C)N1CCC2(CCCCC2)CC1. The molecule has 0 aromatic carbocycles. The molecule has 2 nitrogen and oxygen atoms in total. The highest BCUT2D eigenvalue weighted by atomic mass is 15.2. The predicted octanol–water partition coefficient (Wildman–Crippen LogP) is 3.67. The summed E-state index contributed by atoms with van der Waals surface area (Å²) in [7, 11) is 0. The summed E-state index contributed by atoms with van der Waals surface area (Å²) in [6, 6.07) is 0.736. The van der Waals surface area contributed by atoms with Crippen LogP contribution in [0.1, 0.15) is 65.7 Å². The van der Waals surface area contributed by atoms with Gasteiger partial charge in [0.1, 0.15) is 0 Å². The van der Waals surface area contributed by atoms with Gasteiger partial charge >= 0.3 is 0 Å². The molecule has 1 aliphatic heterocycles. The third-order valence-electron chi connectivity index (χ3n) is 5.89. The molecule has 0 bridgehead atoms. The largest absolute Gasteiger partial charge is 0.317 e. The highest BCUT2D eigenvalue weighted by Gasteiger charge is 2.36. The minimum Gasteiger partial charge on any atom is -0.317 e. The van der Waals surface area contributed by atoms with Crippen LogP contribution in [0.2, 0.25) is 0 Å². The summed E-state index contributed by atoms with van der Waals surface area (Å²) < 4.78 is 0. The molecular weight excluding hydrogens is 232 g/mol. The van der Waals surface area contributed by atoms with Gasteiger partial charge in [0.25, 0.3) is 0 Å². The lowest BCUT2D eigenvalue weighted by molar-refractivity contribution is 0.0361. The van der Waals surface area contributed by atoms with E-state index >= 15 is 0 Å². The van der Waals surface area contributed by atoms with E-state index in [9.17, 15) is 0 Å². The standard InChI is InChI=1S/C17H34N2/c1-4-18-14-15(2)16(3)19-12-10-17(11-13-19)8-6-5-7-9-17/h15-16,18H,4-14H2,1-3H3. The predicted molar refractivity (Wildman–Crippen MR) is 83.5 cm³/mol. The lowest BCUT2D eigenvalue weighted by atomic mass is 9.68. The van der Waals surface area contributed by atoms with Gasteiger partial charge in [0.15, 0.2) is 0 Å². The molecule has 1 saturated heterocycles. The summed E-state index contributed by atoms with van der Waals surface area (Å²) in [5.41, 5.74) is 0.749. The van der Waals surface area contributed by atoms with Crippen molar-refractivity contribution in [1.82, 2.24) is 10.2 Å². The van der Waals surface area contributed by atoms with Crippen LogP contribution in [0.4, 0.5) is 0 Å². The molecule has 2 rings (SSSR count). The van der Waals surface area contributed by atoms with Crippen molar-refractivity contribution in [2.45, 2.75) is 71.8 Å². The van der Waals surface area contributed by atoms with Gasteiger partial charge in [0, 0.05) is 6.04 Å². The highest BCUT2D eigenvalue weighted by Crippen LogP contribution is 2.44. The number of likely N-dealkylation sites (tertiary alicyclic amines) is 1. The number of hydrogen-bond donors (Lipinski definition) is 1. The first-order chi connectivity index (χ1) is 9.17. The van der Waals surface area contributed by atoms with Gasteiger partial charge in [0.05, 0.1) is 0 Å². The molecule has 2 unspecified atom stereocenters. The van der Waals surface area contributed by atoms with Crippen molar-refractivity contribution in [2.75, 3.05) is 26.2 Å². The smallest absolute Gasteiger partial charge is 0.0105 e. The molecule has 2 fully saturated rings. The number of nitrogens with one attached hydrogen (secondary N) is 1. The Morgan fingerprint density at radius 1 is 1.00 bits per heavy atom. The Labute approximate surface area is 120 Å². The lowest BCUT2D eigenvalue weighted by Gasteiger charge is -2.47. The first-order valence-corrected chi connectivity index (χ1v) is 8.62. The Morgan fingerprint density at radius 2 is 1.63 bits per heavy atom. The fraction of sp³-hybridized carbons (Fsp3) is 1.00.